The Morgan fingerprint density at radius 2 is 2.10 bits per heavy atom. The van der Waals surface area contributed by atoms with Crippen molar-refractivity contribution in [2.24, 2.45) is 5.73 Å². The Labute approximate surface area is 137 Å². The zero-order chi connectivity index (χ0) is 15.1. The van der Waals surface area contributed by atoms with E-state index in [1.165, 1.54) is 16.6 Å². The van der Waals surface area contributed by atoms with E-state index >= 15 is 0 Å². The maximum Gasteiger partial charge on any atom is 0.227 e. The molecular weight excluding hydrogens is 322 g/mol. The second-order valence-electron chi connectivity index (χ2n) is 4.14. The molecule has 0 atom stereocenters. The first kappa shape index (κ1) is 15.8. The Hall–Kier alpha value is -1.57. The number of hydrogen-bond donors (Lipinski definition) is 3. The summed E-state index contributed by atoms with van der Waals surface area (Å²) in [6.45, 7) is 0.695. The number of nitrogens with one attached hydrogen (secondary N) is 2. The lowest BCUT2D eigenvalue weighted by Gasteiger charge is -2.13. The molecule has 2 rings (SSSR count). The third-order valence-corrected chi connectivity index (χ3v) is 4.73. The van der Waals surface area contributed by atoms with E-state index in [0.717, 1.165) is 10.6 Å². The van der Waals surface area contributed by atoms with Gasteiger partial charge in [-0.1, -0.05) is 18.2 Å². The van der Waals surface area contributed by atoms with Crippen molar-refractivity contribution in [3.05, 3.63) is 46.7 Å². The summed E-state index contributed by atoms with van der Waals surface area (Å²) in [5, 5.41) is 8.89. The van der Waals surface area contributed by atoms with Gasteiger partial charge < -0.3 is 16.4 Å². The van der Waals surface area contributed by atoms with Crippen molar-refractivity contribution in [1.29, 1.82) is 0 Å². The molecular formula is C14H15N3OS3. The smallest absolute Gasteiger partial charge is 0.227 e. The maximum absolute atomic E-state index is 10.9. The monoisotopic (exact) mass is 337 g/mol. The predicted octanol–water partition coefficient (Wildman–Crippen LogP) is 2.81. The summed E-state index contributed by atoms with van der Waals surface area (Å²) in [7, 11) is 0. The molecule has 0 saturated heterocycles. The molecule has 0 aliphatic heterocycles. The molecule has 1 aromatic heterocycles. The zero-order valence-corrected chi connectivity index (χ0v) is 13.6. The molecule has 0 saturated carbocycles. The van der Waals surface area contributed by atoms with E-state index in [1.54, 1.807) is 11.3 Å². The molecule has 0 bridgehead atoms. The van der Waals surface area contributed by atoms with Crippen molar-refractivity contribution in [3.8, 4) is 0 Å². The molecule has 110 valence electrons. The lowest BCUT2D eigenvalue weighted by atomic mass is 10.3. The van der Waals surface area contributed by atoms with E-state index in [9.17, 15) is 4.79 Å². The molecule has 7 heteroatoms. The summed E-state index contributed by atoms with van der Waals surface area (Å²) in [5.41, 5.74) is 6.04. The average molecular weight is 337 g/mol. The fourth-order valence-electron chi connectivity index (χ4n) is 1.59. The molecule has 2 aromatic rings. The van der Waals surface area contributed by atoms with Crippen LogP contribution in [0.4, 0.5) is 5.69 Å². The summed E-state index contributed by atoms with van der Waals surface area (Å²) in [6.07, 6.45) is 0. The van der Waals surface area contributed by atoms with Gasteiger partial charge in [0.1, 0.15) is 0 Å². The zero-order valence-electron chi connectivity index (χ0n) is 11.2. The fraction of sp³-hybridized carbons (Fsp3) is 0.143. The fourth-order valence-corrected chi connectivity index (χ4v) is 3.17. The van der Waals surface area contributed by atoms with E-state index in [1.807, 2.05) is 35.7 Å². The first-order chi connectivity index (χ1) is 10.1. The van der Waals surface area contributed by atoms with Crippen molar-refractivity contribution in [3.63, 3.8) is 0 Å². The van der Waals surface area contributed by atoms with Crippen LogP contribution in [0.5, 0.6) is 0 Å². The molecule has 4 nitrogen and oxygen atoms in total. The van der Waals surface area contributed by atoms with Crippen LogP contribution in [0.2, 0.25) is 0 Å². The van der Waals surface area contributed by atoms with E-state index in [-0.39, 0.29) is 11.7 Å². The highest BCUT2D eigenvalue weighted by Crippen LogP contribution is 2.26. The number of rotatable bonds is 6. The molecule has 0 radical (unpaired) electrons. The number of anilines is 1. The number of primary amides is 1. The summed E-state index contributed by atoms with van der Waals surface area (Å²) >= 11 is 8.36. The average Bonchev–Trinajstić information content (AvgIpc) is 2.97. The molecule has 0 spiro atoms. The first-order valence-electron chi connectivity index (χ1n) is 6.22. The van der Waals surface area contributed by atoms with Crippen LogP contribution >= 0.6 is 35.3 Å². The number of thioether (sulfide) groups is 1. The van der Waals surface area contributed by atoms with Gasteiger partial charge in [0.15, 0.2) is 5.11 Å². The molecule has 0 fully saturated rings. The number of nitrogens with two attached hydrogens (primary N) is 1. The normalized spacial score (nSPS) is 10.1. The van der Waals surface area contributed by atoms with Crippen molar-refractivity contribution in [2.45, 2.75) is 11.4 Å². The van der Waals surface area contributed by atoms with Crippen LogP contribution < -0.4 is 16.4 Å². The summed E-state index contributed by atoms with van der Waals surface area (Å²) in [5.74, 6) is -0.0955. The largest absolute Gasteiger partial charge is 0.369 e. The van der Waals surface area contributed by atoms with Crippen molar-refractivity contribution in [1.82, 2.24) is 5.32 Å². The number of amides is 1. The number of para-hydroxylation sites is 1. The summed E-state index contributed by atoms with van der Waals surface area (Å²) in [4.78, 5) is 13.0. The lowest BCUT2D eigenvalue weighted by Crippen LogP contribution is -2.27. The number of thiocarbonyl (C=S) groups is 1. The minimum Gasteiger partial charge on any atom is -0.369 e. The SMILES string of the molecule is NC(=O)CSc1ccccc1NC(=S)NCc1cccs1. The van der Waals surface area contributed by atoms with Gasteiger partial charge in [0.2, 0.25) is 5.91 Å². The Kier molecular flexibility index (Phi) is 6.04. The quantitative estimate of drug-likeness (QED) is 0.559. The molecule has 4 N–H and O–H groups in total. The molecule has 0 aliphatic rings. The summed E-state index contributed by atoms with van der Waals surface area (Å²) in [6, 6.07) is 11.7. The van der Waals surface area contributed by atoms with Crippen LogP contribution in [0.15, 0.2) is 46.7 Å². The molecule has 1 amide bonds. The predicted molar refractivity (Wildman–Crippen MR) is 93.7 cm³/mol. The van der Waals surface area contributed by atoms with Crippen LogP contribution in [0.3, 0.4) is 0 Å². The Morgan fingerprint density at radius 1 is 1.29 bits per heavy atom. The third-order valence-electron chi connectivity index (χ3n) is 2.51. The van der Waals surface area contributed by atoms with Crippen LogP contribution in [-0.4, -0.2) is 16.8 Å². The van der Waals surface area contributed by atoms with Crippen molar-refractivity contribution >= 4 is 52.0 Å². The molecule has 0 unspecified atom stereocenters. The van der Waals surface area contributed by atoms with E-state index in [2.05, 4.69) is 16.7 Å². The van der Waals surface area contributed by atoms with Crippen LogP contribution in [-0.2, 0) is 11.3 Å². The van der Waals surface area contributed by atoms with Gasteiger partial charge in [-0.15, -0.1) is 23.1 Å². The van der Waals surface area contributed by atoms with Gasteiger partial charge in [-0.05, 0) is 35.8 Å². The summed E-state index contributed by atoms with van der Waals surface area (Å²) < 4.78 is 0. The van der Waals surface area contributed by atoms with Crippen LogP contribution in [0.25, 0.3) is 0 Å². The van der Waals surface area contributed by atoms with Gasteiger partial charge in [0.05, 0.1) is 18.0 Å². The lowest BCUT2D eigenvalue weighted by molar-refractivity contribution is -0.115. The van der Waals surface area contributed by atoms with Gasteiger partial charge in [-0.3, -0.25) is 4.79 Å². The van der Waals surface area contributed by atoms with Gasteiger partial charge in [-0.2, -0.15) is 0 Å². The topological polar surface area (TPSA) is 67.2 Å². The van der Waals surface area contributed by atoms with Gasteiger partial charge in [-0.25, -0.2) is 0 Å². The second-order valence-corrected chi connectivity index (χ2v) is 6.60. The highest BCUT2D eigenvalue weighted by Gasteiger charge is 2.06. The molecule has 1 heterocycles. The van der Waals surface area contributed by atoms with Gasteiger partial charge >= 0.3 is 0 Å². The number of carbonyl (C=O) groups excluding carboxylic acids is 1. The third kappa shape index (κ3) is 5.37. The Balaban J connectivity index is 1.92. The highest BCUT2D eigenvalue weighted by atomic mass is 32.2. The van der Waals surface area contributed by atoms with E-state index in [4.69, 9.17) is 18.0 Å². The maximum atomic E-state index is 10.9. The minimum absolute atomic E-state index is 0.244. The molecule has 0 aliphatic carbocycles. The molecule has 21 heavy (non-hydrogen) atoms. The van der Waals surface area contributed by atoms with Gasteiger partial charge in [0, 0.05) is 9.77 Å². The number of hydrogen-bond acceptors (Lipinski definition) is 4. The standard InChI is InChI=1S/C14H15N3OS3/c15-13(18)9-21-12-6-2-1-5-11(12)17-14(19)16-8-10-4-3-7-20-10/h1-7H,8-9H2,(H2,15,18)(H2,16,17,19). The van der Waals surface area contributed by atoms with Crippen LogP contribution in [0, 0.1) is 0 Å². The minimum atomic E-state index is -0.340. The number of benzene rings is 1. The van der Waals surface area contributed by atoms with Crippen molar-refractivity contribution in [2.75, 3.05) is 11.1 Å². The first-order valence-corrected chi connectivity index (χ1v) is 8.50. The number of thiophene rings is 1. The number of carbonyl (C=O) groups is 1. The Bertz CT molecular complexity index is 614. The highest BCUT2D eigenvalue weighted by molar-refractivity contribution is 8.00. The molecule has 1 aromatic carbocycles. The van der Waals surface area contributed by atoms with Crippen molar-refractivity contribution < 1.29 is 4.79 Å². The van der Waals surface area contributed by atoms with Crippen LogP contribution in [0.1, 0.15) is 4.88 Å². The van der Waals surface area contributed by atoms with E-state index < -0.39 is 0 Å². The van der Waals surface area contributed by atoms with E-state index in [0.29, 0.717) is 11.7 Å². The second kappa shape index (κ2) is 8.02. The van der Waals surface area contributed by atoms with Gasteiger partial charge in [0.25, 0.3) is 0 Å². The Morgan fingerprint density at radius 3 is 2.81 bits per heavy atom.